The Morgan fingerprint density at radius 1 is 1.09 bits per heavy atom. The van der Waals surface area contributed by atoms with E-state index in [1.54, 1.807) is 5.56 Å². The van der Waals surface area contributed by atoms with Gasteiger partial charge in [-0.1, -0.05) is 31.5 Å². The molecule has 2 aromatic rings. The third kappa shape index (κ3) is 4.26. The van der Waals surface area contributed by atoms with Crippen molar-refractivity contribution in [1.82, 2.24) is 9.47 Å². The largest absolute Gasteiger partial charge is 0.347 e. The van der Waals surface area contributed by atoms with Gasteiger partial charge in [-0.25, -0.2) is 0 Å². The van der Waals surface area contributed by atoms with Crippen LogP contribution in [0, 0.1) is 0 Å². The number of fused-ring (bicyclic) bond motifs is 1. The first-order valence-electron chi connectivity index (χ1n) is 8.66. The number of nitrogens with zero attached hydrogens (tertiary/aromatic N) is 2. The number of piperidine rings is 1. The SMILES string of the molecule is CCCSCc1c(CN2CCCCC2)c2ccccc2n1C.Cl. The van der Waals surface area contributed by atoms with Gasteiger partial charge < -0.3 is 4.57 Å². The lowest BCUT2D eigenvalue weighted by Crippen LogP contribution is -2.29. The van der Waals surface area contributed by atoms with Crippen LogP contribution in [0.15, 0.2) is 24.3 Å². The lowest BCUT2D eigenvalue weighted by atomic mass is 10.1. The van der Waals surface area contributed by atoms with Crippen LogP contribution in [0.5, 0.6) is 0 Å². The first-order chi connectivity index (χ1) is 10.8. The average Bonchev–Trinajstić information content (AvgIpc) is 2.82. The maximum Gasteiger partial charge on any atom is 0.0483 e. The van der Waals surface area contributed by atoms with E-state index in [2.05, 4.69) is 59.5 Å². The number of thioether (sulfide) groups is 1. The van der Waals surface area contributed by atoms with Gasteiger partial charge in [0, 0.05) is 35.9 Å². The third-order valence-electron chi connectivity index (χ3n) is 4.76. The number of hydrogen-bond acceptors (Lipinski definition) is 2. The summed E-state index contributed by atoms with van der Waals surface area (Å²) < 4.78 is 2.43. The molecule has 1 saturated heterocycles. The second-order valence-electron chi connectivity index (χ2n) is 6.39. The van der Waals surface area contributed by atoms with Crippen molar-refractivity contribution in [3.8, 4) is 0 Å². The Morgan fingerprint density at radius 2 is 1.83 bits per heavy atom. The first-order valence-corrected chi connectivity index (χ1v) is 9.82. The maximum absolute atomic E-state index is 2.65. The van der Waals surface area contributed by atoms with E-state index < -0.39 is 0 Å². The maximum atomic E-state index is 2.65. The van der Waals surface area contributed by atoms with Gasteiger partial charge in [0.1, 0.15) is 0 Å². The molecular weight excluding hydrogens is 324 g/mol. The lowest BCUT2D eigenvalue weighted by Gasteiger charge is -2.26. The van der Waals surface area contributed by atoms with Crippen molar-refractivity contribution in [2.45, 2.75) is 44.9 Å². The van der Waals surface area contributed by atoms with E-state index in [0.717, 1.165) is 12.3 Å². The van der Waals surface area contributed by atoms with E-state index >= 15 is 0 Å². The van der Waals surface area contributed by atoms with Gasteiger partial charge >= 0.3 is 0 Å². The van der Waals surface area contributed by atoms with Gasteiger partial charge in [0.2, 0.25) is 0 Å². The summed E-state index contributed by atoms with van der Waals surface area (Å²) in [6.45, 7) is 5.93. The minimum absolute atomic E-state index is 0. The van der Waals surface area contributed by atoms with Gasteiger partial charge in [-0.2, -0.15) is 11.8 Å². The van der Waals surface area contributed by atoms with Crippen molar-refractivity contribution >= 4 is 35.1 Å². The monoisotopic (exact) mass is 352 g/mol. The van der Waals surface area contributed by atoms with Crippen molar-refractivity contribution in [2.24, 2.45) is 7.05 Å². The average molecular weight is 353 g/mol. The number of aryl methyl sites for hydroxylation is 1. The van der Waals surface area contributed by atoms with Crippen LogP contribution in [-0.2, 0) is 19.3 Å². The van der Waals surface area contributed by atoms with E-state index in [-0.39, 0.29) is 12.4 Å². The van der Waals surface area contributed by atoms with Crippen molar-refractivity contribution in [3.63, 3.8) is 0 Å². The molecule has 1 fully saturated rings. The fraction of sp³-hybridized carbons (Fsp3) is 0.579. The summed E-state index contributed by atoms with van der Waals surface area (Å²) in [7, 11) is 2.24. The molecule has 0 amide bonds. The molecule has 0 unspecified atom stereocenters. The van der Waals surface area contributed by atoms with Crippen molar-refractivity contribution in [2.75, 3.05) is 18.8 Å². The Hall–Kier alpha value is -0.640. The predicted molar refractivity (Wildman–Crippen MR) is 106 cm³/mol. The number of rotatable bonds is 6. The van der Waals surface area contributed by atoms with E-state index in [1.807, 2.05) is 0 Å². The van der Waals surface area contributed by atoms with Crippen LogP contribution >= 0.6 is 24.2 Å². The summed E-state index contributed by atoms with van der Waals surface area (Å²) in [5.74, 6) is 2.40. The Labute approximate surface area is 151 Å². The smallest absolute Gasteiger partial charge is 0.0483 e. The molecule has 0 saturated carbocycles. The Balaban J connectivity index is 0.00000192. The van der Waals surface area contributed by atoms with Crippen molar-refractivity contribution < 1.29 is 0 Å². The topological polar surface area (TPSA) is 8.17 Å². The van der Waals surface area contributed by atoms with Gasteiger partial charge in [-0.05, 0) is 49.7 Å². The zero-order chi connectivity index (χ0) is 15.4. The number of hydrogen-bond donors (Lipinski definition) is 0. The Kier molecular flexibility index (Phi) is 7.32. The van der Waals surface area contributed by atoms with E-state index in [4.69, 9.17) is 0 Å². The molecule has 3 rings (SSSR count). The number of likely N-dealkylation sites (tertiary alicyclic amines) is 1. The molecule has 1 aliphatic rings. The highest BCUT2D eigenvalue weighted by Crippen LogP contribution is 2.30. The van der Waals surface area contributed by atoms with Gasteiger partial charge in [-0.3, -0.25) is 4.90 Å². The first kappa shape index (κ1) is 18.7. The number of aromatic nitrogens is 1. The molecule has 0 radical (unpaired) electrons. The van der Waals surface area contributed by atoms with Crippen LogP contribution in [-0.4, -0.2) is 28.3 Å². The highest BCUT2D eigenvalue weighted by atomic mass is 35.5. The van der Waals surface area contributed by atoms with Gasteiger partial charge in [0.05, 0.1) is 0 Å². The number of halogens is 1. The molecule has 2 heterocycles. The van der Waals surface area contributed by atoms with Crippen LogP contribution < -0.4 is 0 Å². The van der Waals surface area contributed by atoms with Gasteiger partial charge in [-0.15, -0.1) is 12.4 Å². The summed E-state index contributed by atoms with van der Waals surface area (Å²) in [4.78, 5) is 2.65. The second-order valence-corrected chi connectivity index (χ2v) is 7.50. The van der Waals surface area contributed by atoms with Crippen molar-refractivity contribution in [1.29, 1.82) is 0 Å². The van der Waals surface area contributed by atoms with Crippen LogP contribution in [0.3, 0.4) is 0 Å². The molecule has 4 heteroatoms. The number of benzene rings is 1. The van der Waals surface area contributed by atoms with Crippen molar-refractivity contribution in [3.05, 3.63) is 35.5 Å². The second kappa shape index (κ2) is 9.00. The lowest BCUT2D eigenvalue weighted by molar-refractivity contribution is 0.221. The normalized spacial score (nSPS) is 15.7. The van der Waals surface area contributed by atoms with Crippen LogP contribution in [0.1, 0.15) is 43.9 Å². The summed E-state index contributed by atoms with van der Waals surface area (Å²) in [6, 6.07) is 8.92. The van der Waals surface area contributed by atoms with Crippen LogP contribution in [0.2, 0.25) is 0 Å². The highest BCUT2D eigenvalue weighted by molar-refractivity contribution is 7.98. The molecule has 0 atom stereocenters. The molecule has 128 valence electrons. The zero-order valence-electron chi connectivity index (χ0n) is 14.4. The number of para-hydroxylation sites is 1. The molecule has 1 aliphatic heterocycles. The molecule has 0 N–H and O–H groups in total. The predicted octanol–water partition coefficient (Wildman–Crippen LogP) is 5.23. The molecule has 1 aromatic heterocycles. The third-order valence-corrected chi connectivity index (χ3v) is 5.94. The van der Waals surface area contributed by atoms with Crippen LogP contribution in [0.25, 0.3) is 10.9 Å². The quantitative estimate of drug-likeness (QED) is 0.658. The van der Waals surface area contributed by atoms with Crippen LogP contribution in [0.4, 0.5) is 0 Å². The summed E-state index contributed by atoms with van der Waals surface area (Å²) in [6.07, 6.45) is 5.40. The Bertz CT molecular complexity index is 617. The highest BCUT2D eigenvalue weighted by Gasteiger charge is 2.18. The molecule has 2 nitrogen and oxygen atoms in total. The molecular formula is C19H29ClN2S. The molecule has 0 bridgehead atoms. The minimum Gasteiger partial charge on any atom is -0.347 e. The zero-order valence-corrected chi connectivity index (χ0v) is 16.0. The Morgan fingerprint density at radius 3 is 2.57 bits per heavy atom. The fourth-order valence-electron chi connectivity index (χ4n) is 3.54. The summed E-state index contributed by atoms with van der Waals surface area (Å²) >= 11 is 2.07. The molecule has 0 spiro atoms. The van der Waals surface area contributed by atoms with Gasteiger partial charge in [0.25, 0.3) is 0 Å². The fourth-order valence-corrected chi connectivity index (χ4v) is 4.53. The van der Waals surface area contributed by atoms with Gasteiger partial charge in [0.15, 0.2) is 0 Å². The summed E-state index contributed by atoms with van der Waals surface area (Å²) in [5, 5.41) is 1.46. The summed E-state index contributed by atoms with van der Waals surface area (Å²) in [5.41, 5.74) is 4.50. The van der Waals surface area contributed by atoms with E-state index in [9.17, 15) is 0 Å². The molecule has 1 aromatic carbocycles. The molecule has 23 heavy (non-hydrogen) atoms. The molecule has 0 aliphatic carbocycles. The standard InChI is InChI=1S/C19H28N2S.ClH/c1-3-13-22-15-19-17(14-21-11-7-4-8-12-21)16-9-5-6-10-18(16)20(19)2;/h5-6,9-10H,3-4,7-8,11-15H2,1-2H3;1H. The minimum atomic E-state index is 0. The van der Waals surface area contributed by atoms with E-state index in [0.29, 0.717) is 0 Å². The van der Waals surface area contributed by atoms with E-state index in [1.165, 1.54) is 61.1 Å².